The van der Waals surface area contributed by atoms with Gasteiger partial charge in [-0.25, -0.2) is 9.37 Å². The Labute approximate surface area is 181 Å². The SMILES string of the molecule is Cc1cc(C(F)(C(F)(F)F)C(F)(F)F)ccc1C(=O)Nc1c(Cl)cccc1-c1ncco1. The summed E-state index contributed by atoms with van der Waals surface area (Å²) in [6.07, 6.45) is -9.90. The predicted octanol–water partition coefficient (Wildman–Crippen LogP) is 6.85. The molecule has 12 heteroatoms. The van der Waals surface area contributed by atoms with Crippen LogP contribution in [0.4, 0.5) is 36.4 Å². The molecule has 32 heavy (non-hydrogen) atoms. The molecule has 0 saturated carbocycles. The van der Waals surface area contributed by atoms with Crippen LogP contribution in [0.15, 0.2) is 53.3 Å². The molecule has 0 bridgehead atoms. The Hall–Kier alpha value is -3.08. The van der Waals surface area contributed by atoms with Gasteiger partial charge in [0.05, 0.1) is 22.5 Å². The van der Waals surface area contributed by atoms with Crippen LogP contribution >= 0.6 is 11.6 Å². The molecule has 170 valence electrons. The molecular formula is C20H12ClF7N2O2. The quantitative estimate of drug-likeness (QED) is 0.416. The number of anilines is 1. The number of hydrogen-bond donors (Lipinski definition) is 1. The summed E-state index contributed by atoms with van der Waals surface area (Å²) in [6.45, 7) is 1.08. The Balaban J connectivity index is 1.99. The van der Waals surface area contributed by atoms with Gasteiger partial charge in [0.1, 0.15) is 6.26 Å². The number of aromatic nitrogens is 1. The number of hydrogen-bond acceptors (Lipinski definition) is 3. The Morgan fingerprint density at radius 1 is 1.03 bits per heavy atom. The van der Waals surface area contributed by atoms with Gasteiger partial charge in [0, 0.05) is 11.1 Å². The van der Waals surface area contributed by atoms with E-state index in [-0.39, 0.29) is 39.4 Å². The molecule has 1 aromatic heterocycles. The molecule has 0 atom stereocenters. The summed E-state index contributed by atoms with van der Waals surface area (Å²) in [6, 6.07) is 5.78. The highest BCUT2D eigenvalue weighted by Gasteiger charge is 2.73. The second kappa shape index (κ2) is 8.12. The molecule has 1 heterocycles. The maximum Gasteiger partial charge on any atom is 0.435 e. The highest BCUT2D eigenvalue weighted by atomic mass is 35.5. The first-order valence-corrected chi connectivity index (χ1v) is 9.08. The van der Waals surface area contributed by atoms with Crippen LogP contribution in [0.5, 0.6) is 0 Å². The topological polar surface area (TPSA) is 55.1 Å². The Kier molecular flexibility index (Phi) is 5.98. The first-order valence-electron chi connectivity index (χ1n) is 8.70. The fourth-order valence-electron chi connectivity index (χ4n) is 2.99. The lowest BCUT2D eigenvalue weighted by molar-refractivity contribution is -0.348. The van der Waals surface area contributed by atoms with E-state index in [9.17, 15) is 35.5 Å². The lowest BCUT2D eigenvalue weighted by Crippen LogP contribution is -2.50. The van der Waals surface area contributed by atoms with Crippen molar-refractivity contribution in [3.63, 3.8) is 0 Å². The fourth-order valence-corrected chi connectivity index (χ4v) is 3.21. The average molecular weight is 481 g/mol. The fraction of sp³-hybridized carbons (Fsp3) is 0.200. The van der Waals surface area contributed by atoms with Crippen LogP contribution in [0.2, 0.25) is 5.02 Å². The zero-order valence-electron chi connectivity index (χ0n) is 15.9. The standard InChI is InChI=1S/C20H12ClF7N2O2/c1-10-9-11(18(22,19(23,24)25)20(26,27)28)5-6-12(10)16(31)30-15-13(3-2-4-14(15)21)17-29-7-8-32-17/h2-9H,1H3,(H,30,31). The van der Waals surface area contributed by atoms with Gasteiger partial charge >= 0.3 is 18.0 Å². The highest BCUT2D eigenvalue weighted by molar-refractivity contribution is 6.34. The molecule has 0 unspecified atom stereocenters. The molecule has 1 amide bonds. The van der Waals surface area contributed by atoms with E-state index < -0.39 is 29.5 Å². The number of aryl methyl sites for hydroxylation is 1. The maximum absolute atomic E-state index is 14.3. The van der Waals surface area contributed by atoms with E-state index in [4.69, 9.17) is 16.0 Å². The minimum Gasteiger partial charge on any atom is -0.444 e. The predicted molar refractivity (Wildman–Crippen MR) is 101 cm³/mol. The van der Waals surface area contributed by atoms with Crippen LogP contribution in [0, 0.1) is 6.92 Å². The van der Waals surface area contributed by atoms with Crippen LogP contribution in [0.25, 0.3) is 11.5 Å². The number of amides is 1. The molecule has 0 aliphatic carbocycles. The summed E-state index contributed by atoms with van der Waals surface area (Å²) in [5.41, 5.74) is -7.57. The summed E-state index contributed by atoms with van der Waals surface area (Å²) in [5, 5.41) is 2.50. The minimum absolute atomic E-state index is 0.0514. The van der Waals surface area contributed by atoms with E-state index in [1.807, 2.05) is 0 Å². The second-order valence-corrected chi connectivity index (χ2v) is 7.04. The van der Waals surface area contributed by atoms with Gasteiger partial charge < -0.3 is 9.73 Å². The molecule has 4 nitrogen and oxygen atoms in total. The van der Waals surface area contributed by atoms with Crippen LogP contribution < -0.4 is 5.32 Å². The average Bonchev–Trinajstić information content (AvgIpc) is 3.21. The third kappa shape index (κ3) is 4.04. The zero-order chi connectivity index (χ0) is 23.9. The number of carbonyl (C=O) groups is 1. The third-order valence-electron chi connectivity index (χ3n) is 4.56. The van der Waals surface area contributed by atoms with Crippen molar-refractivity contribution in [2.24, 2.45) is 0 Å². The number of nitrogens with one attached hydrogen (secondary N) is 1. The van der Waals surface area contributed by atoms with Gasteiger partial charge in [-0.2, -0.15) is 26.3 Å². The van der Waals surface area contributed by atoms with Gasteiger partial charge in [-0.15, -0.1) is 0 Å². The van der Waals surface area contributed by atoms with Crippen molar-refractivity contribution in [2.45, 2.75) is 24.9 Å². The van der Waals surface area contributed by atoms with Crippen molar-refractivity contribution in [1.29, 1.82) is 0 Å². The second-order valence-electron chi connectivity index (χ2n) is 6.64. The largest absolute Gasteiger partial charge is 0.444 e. The first-order chi connectivity index (χ1) is 14.8. The number of halogens is 8. The molecular weight excluding hydrogens is 469 g/mol. The monoisotopic (exact) mass is 480 g/mol. The maximum atomic E-state index is 14.3. The van der Waals surface area contributed by atoms with Crippen LogP contribution in [-0.2, 0) is 5.67 Å². The van der Waals surface area contributed by atoms with Gasteiger partial charge in [-0.05, 0) is 30.7 Å². The Morgan fingerprint density at radius 3 is 2.22 bits per heavy atom. The molecule has 1 N–H and O–H groups in total. The van der Waals surface area contributed by atoms with E-state index in [1.54, 1.807) is 6.07 Å². The first kappa shape index (κ1) is 23.6. The number of carbonyl (C=O) groups excluding carboxylic acids is 1. The number of para-hydroxylation sites is 1. The molecule has 0 fully saturated rings. The summed E-state index contributed by atoms with van der Waals surface area (Å²) in [5.74, 6) is -0.800. The minimum atomic E-state index is -6.26. The third-order valence-corrected chi connectivity index (χ3v) is 4.88. The smallest absolute Gasteiger partial charge is 0.435 e. The molecule has 2 aromatic carbocycles. The van der Waals surface area contributed by atoms with Crippen molar-refractivity contribution in [3.05, 3.63) is 70.6 Å². The van der Waals surface area contributed by atoms with Crippen LogP contribution in [-0.4, -0.2) is 23.2 Å². The Morgan fingerprint density at radius 2 is 1.69 bits per heavy atom. The lowest BCUT2D eigenvalue weighted by atomic mass is 9.91. The van der Waals surface area contributed by atoms with Gasteiger partial charge in [0.15, 0.2) is 0 Å². The number of nitrogens with zero attached hydrogens (tertiary/aromatic N) is 1. The van der Waals surface area contributed by atoms with Gasteiger partial charge in [-0.3, -0.25) is 4.79 Å². The normalized spacial score (nSPS) is 12.7. The zero-order valence-corrected chi connectivity index (χ0v) is 16.7. The van der Waals surface area contributed by atoms with Gasteiger partial charge in [-0.1, -0.05) is 29.8 Å². The number of alkyl halides is 7. The van der Waals surface area contributed by atoms with Gasteiger partial charge in [0.2, 0.25) is 5.89 Å². The van der Waals surface area contributed by atoms with Gasteiger partial charge in [0.25, 0.3) is 5.91 Å². The lowest BCUT2D eigenvalue weighted by Gasteiger charge is -2.30. The van der Waals surface area contributed by atoms with Crippen molar-refractivity contribution in [3.8, 4) is 11.5 Å². The van der Waals surface area contributed by atoms with E-state index in [1.165, 1.54) is 24.6 Å². The van der Waals surface area contributed by atoms with E-state index in [0.717, 1.165) is 6.92 Å². The summed E-state index contributed by atoms with van der Waals surface area (Å²) in [4.78, 5) is 16.6. The molecule has 0 aliphatic rings. The molecule has 0 spiro atoms. The molecule has 0 radical (unpaired) electrons. The molecule has 3 rings (SSSR count). The van der Waals surface area contributed by atoms with Crippen LogP contribution in [0.3, 0.4) is 0 Å². The van der Waals surface area contributed by atoms with Crippen molar-refractivity contribution < 1.29 is 39.9 Å². The van der Waals surface area contributed by atoms with Crippen molar-refractivity contribution >= 4 is 23.2 Å². The van der Waals surface area contributed by atoms with Crippen molar-refractivity contribution in [1.82, 2.24) is 4.98 Å². The summed E-state index contributed by atoms with van der Waals surface area (Å²) in [7, 11) is 0. The van der Waals surface area contributed by atoms with E-state index >= 15 is 0 Å². The van der Waals surface area contributed by atoms with E-state index in [2.05, 4.69) is 10.3 Å². The molecule has 3 aromatic rings. The molecule has 0 saturated heterocycles. The number of benzene rings is 2. The highest BCUT2D eigenvalue weighted by Crippen LogP contribution is 2.53. The van der Waals surface area contributed by atoms with E-state index in [0.29, 0.717) is 12.1 Å². The number of rotatable bonds is 4. The molecule has 0 aliphatic heterocycles. The number of oxazole rings is 1. The summed E-state index contributed by atoms with van der Waals surface area (Å²) >= 11 is 6.12. The summed E-state index contributed by atoms with van der Waals surface area (Å²) < 4.78 is 97.3. The Bertz CT molecular complexity index is 1130. The van der Waals surface area contributed by atoms with Crippen molar-refractivity contribution in [2.75, 3.05) is 5.32 Å². The van der Waals surface area contributed by atoms with Crippen LogP contribution in [0.1, 0.15) is 21.5 Å².